The fraction of sp³-hybridized carbons (Fsp3) is 0.548. The van der Waals surface area contributed by atoms with Crippen LogP contribution in [0.1, 0.15) is 55.7 Å². The second-order valence-corrected chi connectivity index (χ2v) is 12.1. The van der Waals surface area contributed by atoms with Crippen LogP contribution < -0.4 is 0 Å². The van der Waals surface area contributed by atoms with Crippen molar-refractivity contribution < 1.29 is 9.59 Å². The van der Waals surface area contributed by atoms with Gasteiger partial charge in [-0.2, -0.15) is 0 Å². The quantitative estimate of drug-likeness (QED) is 0.392. The molecule has 2 amide bonds. The van der Waals surface area contributed by atoms with Crippen molar-refractivity contribution in [3.05, 3.63) is 72.3 Å². The molecule has 3 aliphatic rings. The number of carbonyl (C=O) groups excluding carboxylic acids is 2. The summed E-state index contributed by atoms with van der Waals surface area (Å²) in [7, 11) is 0. The molecule has 0 bridgehead atoms. The monoisotopic (exact) mass is 558 g/mol. The number of aromatic nitrogens is 4. The lowest BCUT2D eigenvalue weighted by Gasteiger charge is -2.39. The lowest BCUT2D eigenvalue weighted by molar-refractivity contribution is -0.141. The smallest absolute Gasteiger partial charge is 0.232 e. The molecule has 2 N–H and O–H groups in total. The summed E-state index contributed by atoms with van der Waals surface area (Å²) in [6.45, 7) is 7.46. The molecular formula is C31H42N8O2. The van der Waals surface area contributed by atoms with E-state index in [0.717, 1.165) is 76.5 Å². The molecule has 0 radical (unpaired) electrons. The number of hydrogen-bond donors (Lipinski definition) is 2. The lowest BCUT2D eigenvalue weighted by Crippen LogP contribution is -2.47. The van der Waals surface area contributed by atoms with Crippen molar-refractivity contribution in [1.29, 1.82) is 0 Å². The maximum Gasteiger partial charge on any atom is 0.232 e. The van der Waals surface area contributed by atoms with Gasteiger partial charge in [0.15, 0.2) is 0 Å². The summed E-state index contributed by atoms with van der Waals surface area (Å²) in [4.78, 5) is 50.3. The summed E-state index contributed by atoms with van der Waals surface area (Å²) < 4.78 is 0. The van der Waals surface area contributed by atoms with E-state index < -0.39 is 0 Å². The Balaban J connectivity index is 0.958. The molecule has 10 heteroatoms. The number of rotatable bonds is 9. The van der Waals surface area contributed by atoms with Gasteiger partial charge in [-0.1, -0.05) is 30.3 Å². The Morgan fingerprint density at radius 1 is 0.829 bits per heavy atom. The highest BCUT2D eigenvalue weighted by molar-refractivity contribution is 5.97. The number of aromatic amines is 2. The highest BCUT2D eigenvalue weighted by Gasteiger charge is 2.42. The molecule has 2 aromatic heterocycles. The van der Waals surface area contributed by atoms with E-state index in [1.807, 2.05) is 22.2 Å². The highest BCUT2D eigenvalue weighted by atomic mass is 16.2. The van der Waals surface area contributed by atoms with Crippen molar-refractivity contribution in [3.63, 3.8) is 0 Å². The maximum absolute atomic E-state index is 13.2. The van der Waals surface area contributed by atoms with Gasteiger partial charge in [0.1, 0.15) is 18.1 Å². The Labute approximate surface area is 242 Å². The summed E-state index contributed by atoms with van der Waals surface area (Å²) in [6.07, 6.45) is 12.3. The van der Waals surface area contributed by atoms with Crippen LogP contribution in [0.2, 0.25) is 0 Å². The number of nitrogens with one attached hydrogen (secondary N) is 2. The van der Waals surface area contributed by atoms with Crippen LogP contribution in [0.25, 0.3) is 0 Å². The van der Waals surface area contributed by atoms with Crippen molar-refractivity contribution in [3.8, 4) is 0 Å². The number of hydrogen-bond acceptors (Lipinski definition) is 6. The minimum absolute atomic E-state index is 0.00187. The Morgan fingerprint density at radius 2 is 1.44 bits per heavy atom. The first-order valence-electron chi connectivity index (χ1n) is 15.1. The van der Waals surface area contributed by atoms with Gasteiger partial charge in [-0.3, -0.25) is 19.4 Å². The molecule has 1 spiro atoms. The van der Waals surface area contributed by atoms with Crippen LogP contribution in [0, 0.1) is 5.41 Å². The summed E-state index contributed by atoms with van der Waals surface area (Å²) in [5.74, 6) is 1.81. The molecule has 6 rings (SSSR count). The number of H-pyrrole nitrogens is 2. The first-order chi connectivity index (χ1) is 20.1. The molecule has 3 aromatic rings. The second kappa shape index (κ2) is 12.6. The zero-order valence-electron chi connectivity index (χ0n) is 23.9. The van der Waals surface area contributed by atoms with Gasteiger partial charge in [0.2, 0.25) is 11.8 Å². The van der Waals surface area contributed by atoms with Crippen molar-refractivity contribution in [2.45, 2.75) is 64.2 Å². The number of carbonyl (C=O) groups is 2. The van der Waals surface area contributed by atoms with Gasteiger partial charge in [-0.05, 0) is 56.2 Å². The maximum atomic E-state index is 13.2. The predicted octanol–water partition coefficient (Wildman–Crippen LogP) is 3.03. The number of likely N-dealkylation sites (tertiary alicyclic amines) is 3. The first-order valence-corrected chi connectivity index (χ1v) is 15.1. The van der Waals surface area contributed by atoms with Gasteiger partial charge in [0.05, 0.1) is 13.1 Å². The molecule has 3 saturated heterocycles. The van der Waals surface area contributed by atoms with Crippen molar-refractivity contribution in [1.82, 2.24) is 39.5 Å². The van der Waals surface area contributed by atoms with E-state index in [4.69, 9.17) is 0 Å². The molecular weight excluding hydrogens is 516 g/mol. The number of piperidine rings is 2. The fourth-order valence-electron chi connectivity index (χ4n) is 6.88. The van der Waals surface area contributed by atoms with E-state index in [9.17, 15) is 9.59 Å². The van der Waals surface area contributed by atoms with Crippen LogP contribution in [-0.2, 0) is 29.2 Å². The average Bonchev–Trinajstić information content (AvgIpc) is 3.79. The van der Waals surface area contributed by atoms with Gasteiger partial charge in [-0.25, -0.2) is 9.97 Å². The molecule has 1 aromatic carbocycles. The van der Waals surface area contributed by atoms with Crippen molar-refractivity contribution in [2.75, 3.05) is 39.3 Å². The summed E-state index contributed by atoms with van der Waals surface area (Å²) in [5, 5.41) is 0. The second-order valence-electron chi connectivity index (χ2n) is 12.1. The Bertz CT molecular complexity index is 1210. The lowest BCUT2D eigenvalue weighted by atomic mass is 9.77. The minimum Gasteiger partial charge on any atom is -0.348 e. The minimum atomic E-state index is -0.0318. The molecule has 0 saturated carbocycles. The van der Waals surface area contributed by atoms with Gasteiger partial charge < -0.3 is 19.8 Å². The Hall–Kier alpha value is -3.50. The van der Waals surface area contributed by atoms with Crippen LogP contribution in [0.5, 0.6) is 0 Å². The third kappa shape index (κ3) is 6.87. The number of benzene rings is 1. The van der Waals surface area contributed by atoms with E-state index in [-0.39, 0.29) is 23.7 Å². The van der Waals surface area contributed by atoms with Gasteiger partial charge >= 0.3 is 0 Å². The average molecular weight is 559 g/mol. The van der Waals surface area contributed by atoms with E-state index in [1.54, 1.807) is 12.4 Å². The highest BCUT2D eigenvalue weighted by Crippen LogP contribution is 2.40. The van der Waals surface area contributed by atoms with Crippen LogP contribution in [0.15, 0.2) is 55.1 Å². The van der Waals surface area contributed by atoms with E-state index in [2.05, 4.69) is 60.1 Å². The largest absolute Gasteiger partial charge is 0.348 e. The normalized spacial score (nSPS) is 19.8. The van der Waals surface area contributed by atoms with Crippen LogP contribution >= 0.6 is 0 Å². The third-order valence-corrected chi connectivity index (χ3v) is 9.41. The molecule has 3 fully saturated rings. The topological polar surface area (TPSA) is 104 Å². The molecule has 0 unspecified atom stereocenters. The molecule has 5 heterocycles. The van der Waals surface area contributed by atoms with E-state index >= 15 is 0 Å². The molecule has 3 aliphatic heterocycles. The first kappa shape index (κ1) is 27.7. The van der Waals surface area contributed by atoms with Crippen molar-refractivity contribution in [2.24, 2.45) is 5.41 Å². The molecule has 41 heavy (non-hydrogen) atoms. The predicted molar refractivity (Wildman–Crippen MR) is 155 cm³/mol. The SMILES string of the molecule is O=C(CC(=O)N1CCC2(CCN(Cc3ccccc3)CC2)C1)N1CCC(N(Cc2ncc[nH]2)Cc2ncc[nH]2)CC1. The number of imidazole rings is 2. The van der Waals surface area contributed by atoms with Crippen LogP contribution in [-0.4, -0.2) is 96.7 Å². The molecule has 0 aliphatic carbocycles. The summed E-state index contributed by atoms with van der Waals surface area (Å²) in [5.41, 5.74) is 1.58. The van der Waals surface area contributed by atoms with Crippen LogP contribution in [0.3, 0.4) is 0 Å². The van der Waals surface area contributed by atoms with E-state index in [1.165, 1.54) is 5.56 Å². The fourth-order valence-corrected chi connectivity index (χ4v) is 6.88. The molecule has 10 nitrogen and oxygen atoms in total. The Morgan fingerprint density at radius 3 is 2.05 bits per heavy atom. The number of nitrogens with zero attached hydrogens (tertiary/aromatic N) is 6. The zero-order valence-corrected chi connectivity index (χ0v) is 23.9. The van der Waals surface area contributed by atoms with Crippen LogP contribution in [0.4, 0.5) is 0 Å². The number of amides is 2. The summed E-state index contributed by atoms with van der Waals surface area (Å²) in [6, 6.07) is 11.0. The molecule has 0 atom stereocenters. The van der Waals surface area contributed by atoms with Gasteiger partial charge in [0, 0.05) is 63.6 Å². The van der Waals surface area contributed by atoms with Crippen molar-refractivity contribution >= 4 is 11.8 Å². The third-order valence-electron chi connectivity index (χ3n) is 9.41. The van der Waals surface area contributed by atoms with E-state index in [0.29, 0.717) is 32.2 Å². The summed E-state index contributed by atoms with van der Waals surface area (Å²) >= 11 is 0. The zero-order chi connectivity index (χ0) is 28.1. The Kier molecular flexibility index (Phi) is 8.48. The standard InChI is InChI=1S/C31H42N8O2/c40-29(37-15-6-26(7-16-37)39(22-27-32-11-12-33-27)23-28-34-13-14-35-28)20-30(41)38-19-10-31(24-38)8-17-36(18-9-31)21-25-4-2-1-3-5-25/h1-5,11-14,26H,6-10,15-24H2,(H,32,33)(H,34,35). The molecule has 218 valence electrons. The van der Waals surface area contributed by atoms with Gasteiger partial charge in [-0.15, -0.1) is 0 Å². The van der Waals surface area contributed by atoms with Gasteiger partial charge in [0.25, 0.3) is 0 Å².